The van der Waals surface area contributed by atoms with Gasteiger partial charge in [-0.3, -0.25) is 4.98 Å². The van der Waals surface area contributed by atoms with Gasteiger partial charge in [-0.15, -0.1) is 0 Å². The molecule has 0 aliphatic carbocycles. The molecule has 0 atom stereocenters. The third-order valence-electron chi connectivity index (χ3n) is 2.33. The average molecular weight is 180 g/mol. The van der Waals surface area contributed by atoms with Crippen LogP contribution in [-0.2, 0) is 6.54 Å². The molecule has 72 valence electrons. The van der Waals surface area contributed by atoms with E-state index in [0.717, 1.165) is 5.69 Å². The van der Waals surface area contributed by atoms with Gasteiger partial charge in [0.05, 0.1) is 18.8 Å². The summed E-state index contributed by atoms with van der Waals surface area (Å²) in [7, 11) is 0. The second-order valence-corrected chi connectivity index (χ2v) is 3.17. The van der Waals surface area contributed by atoms with Crippen LogP contribution in [0.2, 0.25) is 0 Å². The zero-order valence-electron chi connectivity index (χ0n) is 8.23. The second-order valence-electron chi connectivity index (χ2n) is 3.17. The van der Waals surface area contributed by atoms with Crippen LogP contribution in [0.3, 0.4) is 0 Å². The van der Waals surface area contributed by atoms with Crippen LogP contribution in [0.5, 0.6) is 0 Å². The fraction of sp³-hybridized carbons (Fsp3) is 0.500. The van der Waals surface area contributed by atoms with Gasteiger partial charge < -0.3 is 9.85 Å². The summed E-state index contributed by atoms with van der Waals surface area (Å²) in [6, 6.07) is 5.68. The molecule has 13 heavy (non-hydrogen) atoms. The summed E-state index contributed by atoms with van der Waals surface area (Å²) >= 11 is 0. The van der Waals surface area contributed by atoms with Crippen molar-refractivity contribution in [1.82, 2.24) is 4.98 Å². The number of aromatic nitrogens is 1. The Morgan fingerprint density at radius 2 is 2.00 bits per heavy atom. The van der Waals surface area contributed by atoms with Crippen LogP contribution in [-0.4, -0.2) is 22.7 Å². The predicted molar refractivity (Wildman–Crippen MR) is 52.7 cm³/mol. The molecule has 1 aromatic heterocycles. The highest BCUT2D eigenvalue weighted by Gasteiger charge is 2.12. The molecular weight excluding hydrogens is 164 g/mol. The van der Waals surface area contributed by atoms with Crippen molar-refractivity contribution in [2.75, 3.05) is 13.1 Å². The lowest BCUT2D eigenvalue weighted by atomic mass is 10.3. The minimum absolute atomic E-state index is 0.184. The Balaban J connectivity index is 2.68. The summed E-state index contributed by atoms with van der Waals surface area (Å²) in [6.07, 6.45) is 1.73. The van der Waals surface area contributed by atoms with Crippen molar-refractivity contribution in [2.24, 2.45) is 0 Å². The molecule has 1 aromatic rings. The summed E-state index contributed by atoms with van der Waals surface area (Å²) in [5, 5.41) is 11.9. The monoisotopic (exact) mass is 180 g/mol. The minimum Gasteiger partial charge on any atom is -0.633 e. The number of rotatable bonds is 4. The Kier molecular flexibility index (Phi) is 3.39. The van der Waals surface area contributed by atoms with E-state index in [1.54, 1.807) is 6.20 Å². The van der Waals surface area contributed by atoms with Crippen LogP contribution in [0.1, 0.15) is 19.5 Å². The summed E-state index contributed by atoms with van der Waals surface area (Å²) in [5.74, 6) is 0. The average Bonchev–Trinajstić information content (AvgIpc) is 2.19. The molecule has 0 aliphatic rings. The zero-order valence-corrected chi connectivity index (χ0v) is 8.23. The van der Waals surface area contributed by atoms with Gasteiger partial charge in [0.1, 0.15) is 6.54 Å². The number of hydrogen-bond acceptors (Lipinski definition) is 2. The van der Waals surface area contributed by atoms with Crippen LogP contribution < -0.4 is 0 Å². The van der Waals surface area contributed by atoms with E-state index in [2.05, 4.69) is 4.98 Å². The molecule has 0 radical (unpaired) electrons. The lowest BCUT2D eigenvalue weighted by molar-refractivity contribution is -0.890. The number of pyridine rings is 1. The number of hydrogen-bond donors (Lipinski definition) is 0. The quantitative estimate of drug-likeness (QED) is 0.524. The highest BCUT2D eigenvalue weighted by Crippen LogP contribution is 2.09. The van der Waals surface area contributed by atoms with Gasteiger partial charge >= 0.3 is 0 Å². The second kappa shape index (κ2) is 4.35. The van der Waals surface area contributed by atoms with Crippen molar-refractivity contribution >= 4 is 0 Å². The Hall–Kier alpha value is -0.930. The van der Waals surface area contributed by atoms with E-state index in [4.69, 9.17) is 0 Å². The lowest BCUT2D eigenvalue weighted by Crippen LogP contribution is -2.40. The molecule has 0 fully saturated rings. The van der Waals surface area contributed by atoms with E-state index < -0.39 is 0 Å². The summed E-state index contributed by atoms with van der Waals surface area (Å²) in [6.45, 7) is 5.52. The smallest absolute Gasteiger partial charge is 0.121 e. The number of nitrogens with zero attached hydrogens (tertiary/aromatic N) is 2. The minimum atomic E-state index is -0.184. The summed E-state index contributed by atoms with van der Waals surface area (Å²) < 4.78 is -0.184. The molecule has 0 unspecified atom stereocenters. The molecule has 0 saturated carbocycles. The first-order valence-electron chi connectivity index (χ1n) is 4.67. The van der Waals surface area contributed by atoms with Gasteiger partial charge in [-0.05, 0) is 26.0 Å². The van der Waals surface area contributed by atoms with Gasteiger partial charge in [0.15, 0.2) is 0 Å². The maximum absolute atomic E-state index is 11.9. The third kappa shape index (κ3) is 2.79. The van der Waals surface area contributed by atoms with Gasteiger partial charge in [0.2, 0.25) is 0 Å². The summed E-state index contributed by atoms with van der Waals surface area (Å²) in [4.78, 5) is 4.14. The largest absolute Gasteiger partial charge is 0.633 e. The standard InChI is InChI=1S/C10H16N2O/c1-3-12(13,4-2)9-10-7-5-6-8-11-10/h5-8H,3-4,9H2,1-2H3. The highest BCUT2D eigenvalue weighted by atomic mass is 16.5. The predicted octanol–water partition coefficient (Wildman–Crippen LogP) is 1.94. The maximum Gasteiger partial charge on any atom is 0.121 e. The van der Waals surface area contributed by atoms with Crippen molar-refractivity contribution in [3.8, 4) is 0 Å². The highest BCUT2D eigenvalue weighted by molar-refractivity contribution is 5.01. The van der Waals surface area contributed by atoms with Gasteiger partial charge in [-0.2, -0.15) is 0 Å². The van der Waals surface area contributed by atoms with Crippen molar-refractivity contribution in [3.05, 3.63) is 35.3 Å². The van der Waals surface area contributed by atoms with Gasteiger partial charge in [-0.25, -0.2) is 0 Å². The van der Waals surface area contributed by atoms with E-state index >= 15 is 0 Å². The molecule has 0 amide bonds. The first-order valence-corrected chi connectivity index (χ1v) is 4.67. The first-order chi connectivity index (χ1) is 6.20. The topological polar surface area (TPSA) is 36.0 Å². The zero-order chi connectivity index (χ0) is 9.73. The van der Waals surface area contributed by atoms with Crippen LogP contribution in [0.4, 0.5) is 0 Å². The maximum atomic E-state index is 11.9. The van der Waals surface area contributed by atoms with Gasteiger partial charge in [-0.1, -0.05) is 6.07 Å². The van der Waals surface area contributed by atoms with Crippen molar-refractivity contribution in [3.63, 3.8) is 0 Å². The lowest BCUT2D eigenvalue weighted by Gasteiger charge is -2.40. The van der Waals surface area contributed by atoms with E-state index in [1.165, 1.54) is 0 Å². The van der Waals surface area contributed by atoms with Crippen LogP contribution in [0.15, 0.2) is 24.4 Å². The van der Waals surface area contributed by atoms with E-state index in [1.807, 2.05) is 32.0 Å². The Morgan fingerprint density at radius 1 is 1.31 bits per heavy atom. The van der Waals surface area contributed by atoms with Crippen LogP contribution >= 0.6 is 0 Å². The van der Waals surface area contributed by atoms with E-state index in [-0.39, 0.29) is 4.65 Å². The number of quaternary nitrogens is 1. The fourth-order valence-electron chi connectivity index (χ4n) is 1.23. The van der Waals surface area contributed by atoms with Crippen LogP contribution in [0, 0.1) is 5.21 Å². The molecule has 1 rings (SSSR count). The normalized spacial score (nSPS) is 11.6. The van der Waals surface area contributed by atoms with E-state index in [0.29, 0.717) is 19.6 Å². The molecular formula is C10H16N2O. The first kappa shape index (κ1) is 10.2. The van der Waals surface area contributed by atoms with Gasteiger partial charge in [0, 0.05) is 6.20 Å². The Labute approximate surface area is 79.2 Å². The van der Waals surface area contributed by atoms with Crippen LogP contribution in [0.25, 0.3) is 0 Å². The summed E-state index contributed by atoms with van der Waals surface area (Å²) in [5.41, 5.74) is 0.876. The molecule has 0 bridgehead atoms. The molecule has 0 saturated heterocycles. The molecule has 3 heteroatoms. The van der Waals surface area contributed by atoms with Crippen molar-refractivity contribution in [1.29, 1.82) is 0 Å². The Bertz CT molecular complexity index is 244. The third-order valence-corrected chi connectivity index (χ3v) is 2.33. The van der Waals surface area contributed by atoms with E-state index in [9.17, 15) is 5.21 Å². The molecule has 0 spiro atoms. The molecule has 0 N–H and O–H groups in total. The Morgan fingerprint density at radius 3 is 2.46 bits per heavy atom. The van der Waals surface area contributed by atoms with Crippen molar-refractivity contribution < 1.29 is 4.65 Å². The molecule has 0 aliphatic heterocycles. The SMILES string of the molecule is CC[N+]([O-])(CC)Cc1ccccn1. The van der Waals surface area contributed by atoms with Gasteiger partial charge in [0.25, 0.3) is 0 Å². The van der Waals surface area contributed by atoms with Crippen molar-refractivity contribution in [2.45, 2.75) is 20.4 Å². The number of hydroxylamine groups is 3. The fourth-order valence-corrected chi connectivity index (χ4v) is 1.23. The molecule has 3 nitrogen and oxygen atoms in total. The molecule has 1 heterocycles. The molecule has 0 aromatic carbocycles.